The second kappa shape index (κ2) is 9.13. The standard InChI is InChI=1S/C22H22O13/c1-32-11-4-8(24)5-12-14(11)17(29)21(20(33-12)7-2-9(25)15(27)10(26)3-7)35-22-19(31)18(30)16(28)13(6-23)34-22/h2-5,13,16,18-19,22-28,30-31H,6H2,1H3. The van der Waals surface area contributed by atoms with Gasteiger partial charge in [-0.3, -0.25) is 4.79 Å². The minimum atomic E-state index is -1.88. The van der Waals surface area contributed by atoms with Crippen molar-refractivity contribution in [2.24, 2.45) is 0 Å². The Hall–Kier alpha value is -3.75. The lowest BCUT2D eigenvalue weighted by atomic mass is 9.99. The van der Waals surface area contributed by atoms with Crippen molar-refractivity contribution >= 4 is 11.0 Å². The Balaban J connectivity index is 1.96. The van der Waals surface area contributed by atoms with E-state index in [9.17, 15) is 45.6 Å². The Labute approximate surface area is 195 Å². The number of hydrogen-bond acceptors (Lipinski definition) is 13. The average molecular weight is 494 g/mol. The van der Waals surface area contributed by atoms with Crippen LogP contribution in [0.15, 0.2) is 33.5 Å². The van der Waals surface area contributed by atoms with E-state index in [1.807, 2.05) is 0 Å². The first-order valence-electron chi connectivity index (χ1n) is 10.2. The van der Waals surface area contributed by atoms with E-state index in [2.05, 4.69) is 0 Å². The summed E-state index contributed by atoms with van der Waals surface area (Å²) in [7, 11) is 1.23. The van der Waals surface area contributed by atoms with Crippen molar-refractivity contribution in [3.05, 3.63) is 34.5 Å². The molecule has 8 N–H and O–H groups in total. The minimum Gasteiger partial charge on any atom is -0.508 e. The van der Waals surface area contributed by atoms with Crippen LogP contribution in [0.1, 0.15) is 0 Å². The van der Waals surface area contributed by atoms with E-state index in [4.69, 9.17) is 18.6 Å². The Morgan fingerprint density at radius 1 is 0.943 bits per heavy atom. The van der Waals surface area contributed by atoms with Crippen LogP contribution in [0.5, 0.6) is 34.5 Å². The first kappa shape index (κ1) is 24.4. The van der Waals surface area contributed by atoms with Gasteiger partial charge in [-0.1, -0.05) is 0 Å². The molecule has 5 unspecified atom stereocenters. The van der Waals surface area contributed by atoms with Gasteiger partial charge in [-0.25, -0.2) is 0 Å². The highest BCUT2D eigenvalue weighted by molar-refractivity contribution is 5.89. The fourth-order valence-electron chi connectivity index (χ4n) is 3.73. The molecule has 0 amide bonds. The molecule has 0 aliphatic carbocycles. The zero-order valence-corrected chi connectivity index (χ0v) is 18.0. The molecule has 1 aliphatic rings. The normalized spacial score (nSPS) is 24.4. The number of phenolic OH excluding ortho intramolecular Hbond substituents is 4. The molecule has 35 heavy (non-hydrogen) atoms. The van der Waals surface area contributed by atoms with Gasteiger partial charge in [-0.2, -0.15) is 0 Å². The largest absolute Gasteiger partial charge is 0.508 e. The van der Waals surface area contributed by atoms with Gasteiger partial charge < -0.3 is 59.5 Å². The fraction of sp³-hybridized carbons (Fsp3) is 0.318. The van der Waals surface area contributed by atoms with E-state index in [0.29, 0.717) is 0 Å². The van der Waals surface area contributed by atoms with Gasteiger partial charge in [-0.05, 0) is 12.1 Å². The second-order valence-corrected chi connectivity index (χ2v) is 7.79. The van der Waals surface area contributed by atoms with Gasteiger partial charge in [0.1, 0.15) is 46.9 Å². The molecule has 3 aromatic rings. The summed E-state index contributed by atoms with van der Waals surface area (Å²) < 4.78 is 21.8. The number of phenols is 4. The van der Waals surface area contributed by atoms with Crippen molar-refractivity contribution in [2.75, 3.05) is 13.7 Å². The minimum absolute atomic E-state index is 0.102. The number of benzene rings is 2. The van der Waals surface area contributed by atoms with Crippen molar-refractivity contribution < 1.29 is 59.5 Å². The first-order valence-corrected chi connectivity index (χ1v) is 10.2. The van der Waals surface area contributed by atoms with Crippen LogP contribution in [0.25, 0.3) is 22.3 Å². The predicted octanol–water partition coefficient (Wildman–Crippen LogP) is -0.530. The summed E-state index contributed by atoms with van der Waals surface area (Å²) in [6.07, 6.45) is -8.50. The van der Waals surface area contributed by atoms with E-state index < -0.39 is 71.5 Å². The van der Waals surface area contributed by atoms with E-state index in [1.165, 1.54) is 7.11 Å². The molecular formula is C22H22O13. The van der Waals surface area contributed by atoms with Crippen molar-refractivity contribution in [3.63, 3.8) is 0 Å². The van der Waals surface area contributed by atoms with Crippen LogP contribution in [-0.2, 0) is 4.74 Å². The smallest absolute Gasteiger partial charge is 0.239 e. The quantitative estimate of drug-likeness (QED) is 0.209. The van der Waals surface area contributed by atoms with Gasteiger partial charge in [-0.15, -0.1) is 0 Å². The Kier molecular flexibility index (Phi) is 6.36. The van der Waals surface area contributed by atoms with Crippen LogP contribution < -0.4 is 14.9 Å². The third-order valence-electron chi connectivity index (χ3n) is 5.54. The molecule has 5 atom stereocenters. The van der Waals surface area contributed by atoms with Crippen molar-refractivity contribution in [1.82, 2.24) is 0 Å². The van der Waals surface area contributed by atoms with Gasteiger partial charge in [0.2, 0.25) is 17.5 Å². The maximum absolute atomic E-state index is 13.5. The highest BCUT2D eigenvalue weighted by Gasteiger charge is 2.45. The summed E-state index contributed by atoms with van der Waals surface area (Å²) in [6, 6.07) is 4.12. The van der Waals surface area contributed by atoms with E-state index in [0.717, 1.165) is 24.3 Å². The average Bonchev–Trinajstić information content (AvgIpc) is 2.83. The number of aliphatic hydroxyl groups is 4. The highest BCUT2D eigenvalue weighted by atomic mass is 16.7. The number of rotatable bonds is 5. The summed E-state index contributed by atoms with van der Waals surface area (Å²) in [4.78, 5) is 13.5. The molecule has 0 bridgehead atoms. The van der Waals surface area contributed by atoms with Gasteiger partial charge in [0, 0.05) is 17.7 Å². The zero-order valence-electron chi connectivity index (χ0n) is 18.0. The highest BCUT2D eigenvalue weighted by Crippen LogP contribution is 2.43. The topological polar surface area (TPSA) is 220 Å². The van der Waals surface area contributed by atoms with Crippen LogP contribution in [0.2, 0.25) is 0 Å². The first-order chi connectivity index (χ1) is 16.6. The summed E-state index contributed by atoms with van der Waals surface area (Å²) in [5.74, 6) is -3.87. The van der Waals surface area contributed by atoms with Gasteiger partial charge in [0.15, 0.2) is 23.0 Å². The maximum atomic E-state index is 13.5. The molecule has 2 heterocycles. The fourth-order valence-corrected chi connectivity index (χ4v) is 3.73. The van der Waals surface area contributed by atoms with Crippen LogP contribution in [0.4, 0.5) is 0 Å². The zero-order chi connectivity index (χ0) is 25.6. The van der Waals surface area contributed by atoms with Crippen LogP contribution >= 0.6 is 0 Å². The number of aliphatic hydroxyl groups excluding tert-OH is 4. The third-order valence-corrected chi connectivity index (χ3v) is 5.54. The predicted molar refractivity (Wildman–Crippen MR) is 116 cm³/mol. The van der Waals surface area contributed by atoms with E-state index in [-0.39, 0.29) is 28.0 Å². The molecule has 1 aliphatic heterocycles. The van der Waals surface area contributed by atoms with Gasteiger partial charge in [0.05, 0.1) is 13.7 Å². The molecule has 188 valence electrons. The number of methoxy groups -OCH3 is 1. The molecule has 1 fully saturated rings. The van der Waals surface area contributed by atoms with Crippen molar-refractivity contribution in [1.29, 1.82) is 0 Å². The van der Waals surface area contributed by atoms with Gasteiger partial charge in [0.25, 0.3) is 0 Å². The number of ether oxygens (including phenoxy) is 3. The van der Waals surface area contributed by atoms with E-state index >= 15 is 0 Å². The maximum Gasteiger partial charge on any atom is 0.239 e. The molecule has 4 rings (SSSR count). The van der Waals surface area contributed by atoms with Crippen molar-refractivity contribution in [3.8, 4) is 45.8 Å². The lowest BCUT2D eigenvalue weighted by molar-refractivity contribution is -0.277. The summed E-state index contributed by atoms with van der Waals surface area (Å²) in [5.41, 5.74) is -1.25. The molecular weight excluding hydrogens is 472 g/mol. The molecule has 13 heteroatoms. The molecule has 2 aromatic carbocycles. The number of aromatic hydroxyl groups is 4. The van der Waals surface area contributed by atoms with Crippen LogP contribution in [0, 0.1) is 0 Å². The van der Waals surface area contributed by atoms with Crippen LogP contribution in [-0.4, -0.2) is 85.3 Å². The lowest BCUT2D eigenvalue weighted by Gasteiger charge is -2.39. The SMILES string of the molecule is COc1cc(O)cc2oc(-c3cc(O)c(O)c(O)c3)c(OC3OC(CO)C(O)C(O)C3O)c(=O)c12. The van der Waals surface area contributed by atoms with E-state index in [1.54, 1.807) is 0 Å². The van der Waals surface area contributed by atoms with Crippen molar-refractivity contribution in [2.45, 2.75) is 30.7 Å². The number of fused-ring (bicyclic) bond motifs is 1. The lowest BCUT2D eigenvalue weighted by Crippen LogP contribution is -2.60. The van der Waals surface area contributed by atoms with Gasteiger partial charge >= 0.3 is 0 Å². The Bertz CT molecular complexity index is 1290. The summed E-state index contributed by atoms with van der Waals surface area (Å²) >= 11 is 0. The Morgan fingerprint density at radius 2 is 1.60 bits per heavy atom. The monoisotopic (exact) mass is 494 g/mol. The molecule has 13 nitrogen and oxygen atoms in total. The molecule has 0 saturated carbocycles. The molecule has 1 saturated heterocycles. The molecule has 1 aromatic heterocycles. The molecule has 0 spiro atoms. The number of hydrogen-bond donors (Lipinski definition) is 8. The third kappa shape index (κ3) is 4.15. The van der Waals surface area contributed by atoms with Crippen LogP contribution in [0.3, 0.4) is 0 Å². The summed E-state index contributed by atoms with van der Waals surface area (Å²) in [6.45, 7) is -0.753. The second-order valence-electron chi connectivity index (χ2n) is 7.79. The molecule has 0 radical (unpaired) electrons. The Morgan fingerprint density at radius 3 is 2.20 bits per heavy atom. The summed E-state index contributed by atoms with van der Waals surface area (Å²) in [5, 5.41) is 79.2.